The summed E-state index contributed by atoms with van der Waals surface area (Å²) >= 11 is 0. The maximum atomic E-state index is 13.0. The van der Waals surface area contributed by atoms with Crippen molar-refractivity contribution in [1.29, 1.82) is 0 Å². The van der Waals surface area contributed by atoms with Gasteiger partial charge >= 0.3 is 6.36 Å². The van der Waals surface area contributed by atoms with Crippen molar-refractivity contribution in [2.75, 3.05) is 13.1 Å². The zero-order valence-corrected chi connectivity index (χ0v) is 18.3. The number of imide groups is 1. The van der Waals surface area contributed by atoms with Crippen LogP contribution in [0.2, 0.25) is 0 Å². The van der Waals surface area contributed by atoms with Crippen molar-refractivity contribution in [2.24, 2.45) is 5.41 Å². The molecule has 1 spiro atoms. The number of benzene rings is 1. The lowest BCUT2D eigenvalue weighted by Gasteiger charge is -2.53. The van der Waals surface area contributed by atoms with Crippen LogP contribution in [0.1, 0.15) is 64.8 Å². The predicted molar refractivity (Wildman–Crippen MR) is 110 cm³/mol. The smallest absolute Gasteiger partial charge is 0.337 e. The molecule has 0 aromatic heterocycles. The van der Waals surface area contributed by atoms with Crippen LogP contribution in [0.4, 0.5) is 13.2 Å². The lowest BCUT2D eigenvalue weighted by Crippen LogP contribution is -2.60. The van der Waals surface area contributed by atoms with Gasteiger partial charge in [0.15, 0.2) is 0 Å². The summed E-state index contributed by atoms with van der Waals surface area (Å²) in [5, 5.41) is 2.26. The minimum atomic E-state index is -4.63. The fourth-order valence-corrected chi connectivity index (χ4v) is 5.62. The minimum absolute atomic E-state index is 0.156. The van der Waals surface area contributed by atoms with Crippen molar-refractivity contribution in [2.45, 2.75) is 63.6 Å². The summed E-state index contributed by atoms with van der Waals surface area (Å²) in [6, 6.07) is 4.13. The van der Waals surface area contributed by atoms with Crippen molar-refractivity contribution < 1.29 is 37.1 Å². The number of rotatable bonds is 3. The van der Waals surface area contributed by atoms with E-state index in [-0.39, 0.29) is 42.5 Å². The molecule has 0 radical (unpaired) electrons. The van der Waals surface area contributed by atoms with Crippen LogP contribution >= 0.6 is 0 Å². The fraction of sp³-hybridized carbons (Fsp3) is 0.565. The number of nitrogens with zero attached hydrogens (tertiary/aromatic N) is 2. The molecule has 0 bridgehead atoms. The Morgan fingerprint density at radius 2 is 1.79 bits per heavy atom. The topological polar surface area (TPSA) is 96.0 Å². The van der Waals surface area contributed by atoms with Crippen molar-refractivity contribution >= 4 is 23.6 Å². The summed E-state index contributed by atoms with van der Waals surface area (Å²) in [4.78, 5) is 52.5. The van der Waals surface area contributed by atoms with Gasteiger partial charge in [0.05, 0.1) is 6.10 Å². The van der Waals surface area contributed by atoms with Crippen molar-refractivity contribution in [3.05, 3.63) is 34.9 Å². The van der Waals surface area contributed by atoms with Gasteiger partial charge in [-0.2, -0.15) is 0 Å². The number of likely N-dealkylation sites (tertiary alicyclic amines) is 1. The summed E-state index contributed by atoms with van der Waals surface area (Å²) in [5.74, 6) is -1.33. The molecule has 1 atom stereocenters. The number of nitrogens with one attached hydrogen (secondary N) is 1. The summed E-state index contributed by atoms with van der Waals surface area (Å²) < 4.78 is 41.5. The van der Waals surface area contributed by atoms with Gasteiger partial charge in [0, 0.05) is 42.6 Å². The highest BCUT2D eigenvalue weighted by molar-refractivity contribution is 6.06. The number of halogens is 3. The van der Waals surface area contributed by atoms with E-state index in [9.17, 15) is 32.3 Å². The maximum absolute atomic E-state index is 13.0. The lowest BCUT2D eigenvalue weighted by atomic mass is 9.68. The average molecular weight is 479 g/mol. The normalized spacial score (nSPS) is 24.8. The Morgan fingerprint density at radius 3 is 2.44 bits per heavy atom. The maximum Gasteiger partial charge on any atom is 0.522 e. The molecular formula is C23H24F3N3O5. The zero-order valence-electron chi connectivity index (χ0n) is 18.3. The summed E-state index contributed by atoms with van der Waals surface area (Å²) in [6.07, 6.45) is -3.22. The van der Waals surface area contributed by atoms with Gasteiger partial charge in [0.2, 0.25) is 11.8 Å². The molecule has 3 heterocycles. The van der Waals surface area contributed by atoms with Crippen LogP contribution in [-0.2, 0) is 20.9 Å². The second kappa shape index (κ2) is 8.07. The van der Waals surface area contributed by atoms with Crippen LogP contribution in [0.15, 0.2) is 18.2 Å². The number of hydrogen-bond acceptors (Lipinski definition) is 5. The Labute approximate surface area is 193 Å². The third-order valence-electron chi connectivity index (χ3n) is 7.40. The lowest BCUT2D eigenvalue weighted by molar-refractivity contribution is -0.347. The van der Waals surface area contributed by atoms with E-state index < -0.39 is 24.4 Å². The van der Waals surface area contributed by atoms with Crippen LogP contribution in [0, 0.1) is 5.41 Å². The van der Waals surface area contributed by atoms with Crippen molar-refractivity contribution in [3.8, 4) is 0 Å². The second-order valence-corrected chi connectivity index (χ2v) is 9.70. The molecule has 34 heavy (non-hydrogen) atoms. The first-order valence-electron chi connectivity index (χ1n) is 11.4. The third kappa shape index (κ3) is 4.17. The Bertz CT molecular complexity index is 1060. The summed E-state index contributed by atoms with van der Waals surface area (Å²) in [6.45, 7) is 1.16. The first kappa shape index (κ1) is 22.8. The van der Waals surface area contributed by atoms with Gasteiger partial charge in [-0.05, 0) is 55.9 Å². The van der Waals surface area contributed by atoms with E-state index in [1.807, 2.05) is 0 Å². The van der Waals surface area contributed by atoms with Gasteiger partial charge in [0.1, 0.15) is 6.04 Å². The van der Waals surface area contributed by atoms with E-state index in [0.717, 1.165) is 0 Å². The molecule has 1 aliphatic carbocycles. The van der Waals surface area contributed by atoms with Crippen LogP contribution in [0.3, 0.4) is 0 Å². The van der Waals surface area contributed by atoms with Gasteiger partial charge in [-0.3, -0.25) is 29.2 Å². The molecule has 8 nitrogen and oxygen atoms in total. The third-order valence-corrected chi connectivity index (χ3v) is 7.40. The number of fused-ring (bicyclic) bond motifs is 1. The Morgan fingerprint density at radius 1 is 1.09 bits per heavy atom. The molecule has 2 saturated heterocycles. The van der Waals surface area contributed by atoms with Gasteiger partial charge in [-0.1, -0.05) is 0 Å². The van der Waals surface area contributed by atoms with Crippen LogP contribution in [0.5, 0.6) is 0 Å². The Balaban J connectivity index is 1.20. The molecule has 5 rings (SSSR count). The number of ether oxygens (including phenoxy) is 1. The second-order valence-electron chi connectivity index (χ2n) is 9.70. The quantitative estimate of drug-likeness (QED) is 0.672. The molecule has 3 aliphatic heterocycles. The first-order valence-corrected chi connectivity index (χ1v) is 11.4. The number of carbonyl (C=O) groups is 4. The van der Waals surface area contributed by atoms with Gasteiger partial charge in [0.25, 0.3) is 11.8 Å². The van der Waals surface area contributed by atoms with E-state index >= 15 is 0 Å². The van der Waals surface area contributed by atoms with Gasteiger partial charge in [-0.25, -0.2) is 0 Å². The van der Waals surface area contributed by atoms with Crippen LogP contribution < -0.4 is 5.32 Å². The highest BCUT2D eigenvalue weighted by atomic mass is 19.4. The van der Waals surface area contributed by atoms with Crippen LogP contribution in [-0.4, -0.2) is 65.0 Å². The van der Waals surface area contributed by atoms with Crippen molar-refractivity contribution in [3.63, 3.8) is 0 Å². The monoisotopic (exact) mass is 479 g/mol. The molecule has 11 heteroatoms. The number of alkyl halides is 3. The standard InChI is InChI=1S/C23H24F3N3O5/c24-23(25,26)34-15-5-7-22(8-6-15)11-28(12-22)20(32)13-1-2-16-14(9-13)10-29(21(16)33)17-3-4-18(30)27-19(17)31/h1-2,9,15,17H,3-8,10-12H2,(H,27,30,31). The molecule has 4 aliphatic rings. The molecule has 1 unspecified atom stereocenters. The van der Waals surface area contributed by atoms with E-state index in [1.165, 1.54) is 4.90 Å². The Hall–Kier alpha value is -2.95. The summed E-state index contributed by atoms with van der Waals surface area (Å²) in [5.41, 5.74) is 1.36. The number of piperidine rings is 1. The van der Waals surface area contributed by atoms with Crippen molar-refractivity contribution in [1.82, 2.24) is 15.1 Å². The molecule has 1 aromatic rings. The number of amides is 4. The SMILES string of the molecule is O=C1CCC(N2Cc3cc(C(=O)N4CC5(CCC(OC(F)(F)F)CC5)C4)ccc3C2=O)C(=O)N1. The highest BCUT2D eigenvalue weighted by Gasteiger charge is 2.49. The van der Waals surface area contributed by atoms with Crippen LogP contribution in [0.25, 0.3) is 0 Å². The van der Waals surface area contributed by atoms with Gasteiger partial charge < -0.3 is 9.80 Å². The first-order chi connectivity index (χ1) is 16.0. The average Bonchev–Trinajstić information content (AvgIpc) is 3.07. The minimum Gasteiger partial charge on any atom is -0.337 e. The summed E-state index contributed by atoms with van der Waals surface area (Å²) in [7, 11) is 0. The van der Waals surface area contributed by atoms with E-state index in [1.54, 1.807) is 23.1 Å². The molecule has 1 N–H and O–H groups in total. The molecule has 3 fully saturated rings. The molecular weight excluding hydrogens is 455 g/mol. The molecule has 182 valence electrons. The molecule has 1 aromatic carbocycles. The number of hydrogen-bond donors (Lipinski definition) is 1. The highest BCUT2D eigenvalue weighted by Crippen LogP contribution is 2.46. The number of carbonyl (C=O) groups excluding carboxylic acids is 4. The van der Waals surface area contributed by atoms with E-state index in [2.05, 4.69) is 10.1 Å². The van der Waals surface area contributed by atoms with Gasteiger partial charge in [-0.15, -0.1) is 13.2 Å². The zero-order chi connectivity index (χ0) is 24.3. The molecule has 4 amide bonds. The fourth-order valence-electron chi connectivity index (χ4n) is 5.62. The largest absolute Gasteiger partial charge is 0.522 e. The molecule has 1 saturated carbocycles. The Kier molecular flexibility index (Phi) is 5.42. The van der Waals surface area contributed by atoms with E-state index in [0.29, 0.717) is 55.5 Å². The van der Waals surface area contributed by atoms with E-state index in [4.69, 9.17) is 0 Å². The predicted octanol–water partition coefficient (Wildman–Crippen LogP) is 2.37.